The van der Waals surface area contributed by atoms with Gasteiger partial charge < -0.3 is 18.5 Å². The molecule has 0 amide bonds. The van der Waals surface area contributed by atoms with Gasteiger partial charge in [0.25, 0.3) is 0 Å². The van der Waals surface area contributed by atoms with E-state index in [4.69, 9.17) is 14.0 Å². The van der Waals surface area contributed by atoms with Crippen molar-refractivity contribution in [2.75, 3.05) is 34.0 Å². The lowest BCUT2D eigenvalue weighted by molar-refractivity contribution is -0.0160. The van der Waals surface area contributed by atoms with E-state index in [-0.39, 0.29) is 12.7 Å². The van der Waals surface area contributed by atoms with Crippen molar-refractivity contribution in [3.8, 4) is 0 Å². The molecule has 6 heteroatoms. The molecular formula is C23H49O5P. The number of unbranched alkanes of at least 4 members (excludes halogenated alkanes) is 15. The normalized spacial score (nSPS) is 13.6. The number of methoxy groups -OCH3 is 1. The molecule has 0 aliphatic heterocycles. The molecule has 0 aliphatic carbocycles. The molecule has 0 aliphatic rings. The van der Waals surface area contributed by atoms with Crippen LogP contribution in [-0.2, 0) is 23.1 Å². The molecule has 2 unspecified atom stereocenters. The fraction of sp³-hybridized carbons (Fsp3) is 1.00. The standard InChI is InChI=1S/C23H49O5P/c1-4-5-6-7-8-9-10-11-12-13-14-15-16-17-18-19-20-27-21-23(25-2)22-28-29(24)26-3/h23,29H,4-22H2,1-3H3. The van der Waals surface area contributed by atoms with E-state index < -0.39 is 8.25 Å². The van der Waals surface area contributed by atoms with Gasteiger partial charge in [0.05, 0.1) is 13.2 Å². The van der Waals surface area contributed by atoms with Crippen LogP contribution in [-0.4, -0.2) is 40.1 Å². The molecule has 2 atom stereocenters. The summed E-state index contributed by atoms with van der Waals surface area (Å²) >= 11 is 0. The van der Waals surface area contributed by atoms with Gasteiger partial charge >= 0.3 is 8.25 Å². The molecular weight excluding hydrogens is 387 g/mol. The topological polar surface area (TPSA) is 54.0 Å². The van der Waals surface area contributed by atoms with E-state index in [0.29, 0.717) is 6.61 Å². The molecule has 176 valence electrons. The molecule has 0 radical (unpaired) electrons. The Balaban J connectivity index is 3.20. The van der Waals surface area contributed by atoms with Gasteiger partial charge in [-0.15, -0.1) is 0 Å². The predicted molar refractivity (Wildman–Crippen MR) is 123 cm³/mol. The van der Waals surface area contributed by atoms with Crippen molar-refractivity contribution in [2.45, 2.75) is 116 Å². The molecule has 5 nitrogen and oxygen atoms in total. The Kier molecular flexibility index (Phi) is 24.4. The second-order valence-corrected chi connectivity index (χ2v) is 9.20. The highest BCUT2D eigenvalue weighted by Gasteiger charge is 2.09. The molecule has 0 fully saturated rings. The molecule has 0 aromatic rings. The van der Waals surface area contributed by atoms with Gasteiger partial charge in [-0.25, -0.2) is 0 Å². The third kappa shape index (κ3) is 22.6. The van der Waals surface area contributed by atoms with Crippen LogP contribution in [0.4, 0.5) is 0 Å². The van der Waals surface area contributed by atoms with Gasteiger partial charge in [-0.3, -0.25) is 4.57 Å². The van der Waals surface area contributed by atoms with Gasteiger partial charge in [0.15, 0.2) is 0 Å². The Hall–Kier alpha value is 0.0700. The van der Waals surface area contributed by atoms with Crippen molar-refractivity contribution >= 4 is 8.25 Å². The quantitative estimate of drug-likeness (QED) is 0.117. The first kappa shape index (κ1) is 29.1. The highest BCUT2D eigenvalue weighted by atomic mass is 31.1. The van der Waals surface area contributed by atoms with Crippen molar-refractivity contribution in [2.24, 2.45) is 0 Å². The molecule has 0 N–H and O–H groups in total. The highest BCUT2D eigenvalue weighted by molar-refractivity contribution is 7.33. The molecule has 29 heavy (non-hydrogen) atoms. The first-order chi connectivity index (χ1) is 14.2. The van der Waals surface area contributed by atoms with Gasteiger partial charge in [-0.05, 0) is 6.42 Å². The van der Waals surface area contributed by atoms with E-state index in [1.807, 2.05) is 0 Å². The zero-order chi connectivity index (χ0) is 21.4. The van der Waals surface area contributed by atoms with Gasteiger partial charge in [-0.2, -0.15) is 0 Å². The average Bonchev–Trinajstić information content (AvgIpc) is 2.74. The molecule has 0 spiro atoms. The summed E-state index contributed by atoms with van der Waals surface area (Å²) in [6.45, 7) is 3.73. The minimum absolute atomic E-state index is 0.194. The maximum Gasteiger partial charge on any atom is 0.318 e. The molecule has 0 rings (SSSR count). The summed E-state index contributed by atoms with van der Waals surface area (Å²) in [5.74, 6) is 0. The Bertz CT molecular complexity index is 341. The summed E-state index contributed by atoms with van der Waals surface area (Å²) in [4.78, 5) is 0. The summed E-state index contributed by atoms with van der Waals surface area (Å²) in [5.41, 5.74) is 0. The van der Waals surface area contributed by atoms with Crippen molar-refractivity contribution in [3.63, 3.8) is 0 Å². The smallest absolute Gasteiger partial charge is 0.318 e. The van der Waals surface area contributed by atoms with Crippen LogP contribution in [0.25, 0.3) is 0 Å². The van der Waals surface area contributed by atoms with Gasteiger partial charge in [0, 0.05) is 20.8 Å². The van der Waals surface area contributed by atoms with Crippen LogP contribution in [0.2, 0.25) is 0 Å². The second kappa shape index (κ2) is 24.3. The summed E-state index contributed by atoms with van der Waals surface area (Å²) < 4.78 is 31.7. The van der Waals surface area contributed by atoms with Crippen molar-refractivity contribution < 1.29 is 23.1 Å². The van der Waals surface area contributed by atoms with Crippen LogP contribution in [0.3, 0.4) is 0 Å². The Morgan fingerprint density at radius 1 is 0.655 bits per heavy atom. The lowest BCUT2D eigenvalue weighted by Crippen LogP contribution is -2.23. The van der Waals surface area contributed by atoms with E-state index in [0.717, 1.165) is 13.0 Å². The molecule has 0 heterocycles. The first-order valence-corrected chi connectivity index (χ1v) is 13.3. The molecule has 0 bridgehead atoms. The number of ether oxygens (including phenoxy) is 2. The van der Waals surface area contributed by atoms with Crippen molar-refractivity contribution in [1.29, 1.82) is 0 Å². The molecule has 0 aromatic heterocycles. The summed E-state index contributed by atoms with van der Waals surface area (Å²) in [5, 5.41) is 0. The Morgan fingerprint density at radius 3 is 1.52 bits per heavy atom. The second-order valence-electron chi connectivity index (χ2n) is 8.00. The molecule has 0 saturated heterocycles. The maximum absolute atomic E-state index is 11.1. The largest absolute Gasteiger partial charge is 0.379 e. The zero-order valence-corrected chi connectivity index (χ0v) is 20.6. The number of hydrogen-bond acceptors (Lipinski definition) is 5. The third-order valence-electron chi connectivity index (χ3n) is 5.33. The van der Waals surface area contributed by atoms with E-state index >= 15 is 0 Å². The Morgan fingerprint density at radius 2 is 1.10 bits per heavy atom. The SMILES string of the molecule is CCCCCCCCCCCCCCCCCCOCC(CO[PH](=O)OC)OC. The minimum atomic E-state index is -2.38. The monoisotopic (exact) mass is 436 g/mol. The van der Waals surface area contributed by atoms with Gasteiger partial charge in [-0.1, -0.05) is 103 Å². The molecule has 0 saturated carbocycles. The molecule has 0 aromatic carbocycles. The lowest BCUT2D eigenvalue weighted by Gasteiger charge is -2.15. The summed E-state index contributed by atoms with van der Waals surface area (Å²) in [7, 11) is 0.598. The van der Waals surface area contributed by atoms with E-state index in [1.165, 1.54) is 103 Å². The van der Waals surface area contributed by atoms with Crippen LogP contribution in [0, 0.1) is 0 Å². The number of hydrogen-bond donors (Lipinski definition) is 0. The van der Waals surface area contributed by atoms with Crippen LogP contribution >= 0.6 is 8.25 Å². The number of rotatable bonds is 24. The maximum atomic E-state index is 11.1. The fourth-order valence-electron chi connectivity index (χ4n) is 3.37. The van der Waals surface area contributed by atoms with Crippen LogP contribution in [0.15, 0.2) is 0 Å². The van der Waals surface area contributed by atoms with E-state index in [2.05, 4.69) is 11.4 Å². The first-order valence-electron chi connectivity index (χ1n) is 12.1. The van der Waals surface area contributed by atoms with Crippen LogP contribution < -0.4 is 0 Å². The Labute approximate surface area is 181 Å². The van der Waals surface area contributed by atoms with Crippen LogP contribution in [0.1, 0.15) is 110 Å². The summed E-state index contributed by atoms with van der Waals surface area (Å²) in [6.07, 6.45) is 21.8. The summed E-state index contributed by atoms with van der Waals surface area (Å²) in [6, 6.07) is 0. The minimum Gasteiger partial charge on any atom is -0.379 e. The fourth-order valence-corrected chi connectivity index (χ4v) is 3.81. The van der Waals surface area contributed by atoms with Gasteiger partial charge in [0.1, 0.15) is 6.10 Å². The average molecular weight is 437 g/mol. The van der Waals surface area contributed by atoms with E-state index in [9.17, 15) is 4.57 Å². The van der Waals surface area contributed by atoms with Crippen molar-refractivity contribution in [3.05, 3.63) is 0 Å². The van der Waals surface area contributed by atoms with Crippen LogP contribution in [0.5, 0.6) is 0 Å². The van der Waals surface area contributed by atoms with E-state index in [1.54, 1.807) is 7.11 Å². The zero-order valence-electron chi connectivity index (χ0n) is 19.6. The van der Waals surface area contributed by atoms with Crippen molar-refractivity contribution in [1.82, 2.24) is 0 Å². The lowest BCUT2D eigenvalue weighted by atomic mass is 10.0. The highest BCUT2D eigenvalue weighted by Crippen LogP contribution is 2.22. The van der Waals surface area contributed by atoms with Gasteiger partial charge in [0.2, 0.25) is 0 Å². The predicted octanol–water partition coefficient (Wildman–Crippen LogP) is 7.33. The third-order valence-corrected chi connectivity index (χ3v) is 6.07.